The Morgan fingerprint density at radius 2 is 1.94 bits per heavy atom. The summed E-state index contributed by atoms with van der Waals surface area (Å²) in [6.07, 6.45) is 1.54. The highest BCUT2D eigenvalue weighted by Crippen LogP contribution is 2.25. The minimum atomic E-state index is 0.147. The van der Waals surface area contributed by atoms with Gasteiger partial charge in [0.2, 0.25) is 5.28 Å². The van der Waals surface area contributed by atoms with Gasteiger partial charge in [0.1, 0.15) is 11.2 Å². The summed E-state index contributed by atoms with van der Waals surface area (Å²) in [6.45, 7) is 0. The van der Waals surface area contributed by atoms with Gasteiger partial charge in [-0.3, -0.25) is 0 Å². The Morgan fingerprint density at radius 1 is 1.17 bits per heavy atom. The number of H-pyrrole nitrogens is 1. The standard InChI is InChI=1S/C12H6ClN5/c13-12-17-9(10-11(18-12)16-6-15-10)8-3-1-7(5-14)2-4-8/h1-4,6H,(H,15,16,17,18). The number of aromatic nitrogens is 4. The van der Waals surface area contributed by atoms with Crippen molar-refractivity contribution in [3.8, 4) is 17.3 Å². The monoisotopic (exact) mass is 255 g/mol. The molecule has 0 amide bonds. The van der Waals surface area contributed by atoms with E-state index in [2.05, 4.69) is 26.0 Å². The number of hydrogen-bond acceptors (Lipinski definition) is 4. The molecular weight excluding hydrogens is 250 g/mol. The molecule has 0 aliphatic heterocycles. The Kier molecular flexibility index (Phi) is 2.43. The second-order valence-corrected chi connectivity index (χ2v) is 3.97. The van der Waals surface area contributed by atoms with Crippen LogP contribution in [0.2, 0.25) is 5.28 Å². The quantitative estimate of drug-likeness (QED) is 0.678. The number of nitrogens with zero attached hydrogens (tertiary/aromatic N) is 4. The predicted molar refractivity (Wildman–Crippen MR) is 66.8 cm³/mol. The van der Waals surface area contributed by atoms with Gasteiger partial charge in [-0.05, 0) is 23.7 Å². The van der Waals surface area contributed by atoms with E-state index in [1.807, 2.05) is 12.1 Å². The maximum atomic E-state index is 8.77. The van der Waals surface area contributed by atoms with Crippen molar-refractivity contribution in [2.45, 2.75) is 0 Å². The van der Waals surface area contributed by atoms with Crippen molar-refractivity contribution in [2.75, 3.05) is 0 Å². The van der Waals surface area contributed by atoms with Gasteiger partial charge in [-0.1, -0.05) is 12.1 Å². The predicted octanol–water partition coefficient (Wildman–Crippen LogP) is 2.54. The fourth-order valence-electron chi connectivity index (χ4n) is 1.72. The van der Waals surface area contributed by atoms with Gasteiger partial charge in [-0.25, -0.2) is 9.97 Å². The van der Waals surface area contributed by atoms with E-state index in [0.717, 1.165) is 11.1 Å². The first-order valence-corrected chi connectivity index (χ1v) is 5.53. The summed E-state index contributed by atoms with van der Waals surface area (Å²) in [5.41, 5.74) is 3.37. The van der Waals surface area contributed by atoms with E-state index in [-0.39, 0.29) is 5.28 Å². The Morgan fingerprint density at radius 3 is 2.67 bits per heavy atom. The number of halogens is 1. The van der Waals surface area contributed by atoms with E-state index in [1.165, 1.54) is 0 Å². The zero-order chi connectivity index (χ0) is 12.5. The van der Waals surface area contributed by atoms with Crippen LogP contribution < -0.4 is 0 Å². The lowest BCUT2D eigenvalue weighted by atomic mass is 10.1. The minimum Gasteiger partial charge on any atom is -0.341 e. The summed E-state index contributed by atoms with van der Waals surface area (Å²) in [5.74, 6) is 0. The van der Waals surface area contributed by atoms with Crippen molar-refractivity contribution in [3.63, 3.8) is 0 Å². The van der Waals surface area contributed by atoms with Gasteiger partial charge in [0.25, 0.3) is 0 Å². The Balaban J connectivity index is 2.24. The Hall–Kier alpha value is -2.45. The first-order chi connectivity index (χ1) is 8.78. The van der Waals surface area contributed by atoms with Gasteiger partial charge in [-0.15, -0.1) is 0 Å². The maximum absolute atomic E-state index is 8.77. The van der Waals surface area contributed by atoms with Crippen molar-refractivity contribution in [2.24, 2.45) is 0 Å². The molecule has 86 valence electrons. The van der Waals surface area contributed by atoms with Crippen LogP contribution in [0.4, 0.5) is 0 Å². The van der Waals surface area contributed by atoms with Crippen LogP contribution in [0.25, 0.3) is 22.4 Å². The molecule has 5 nitrogen and oxygen atoms in total. The van der Waals surface area contributed by atoms with Gasteiger partial charge >= 0.3 is 0 Å². The molecule has 0 radical (unpaired) electrons. The van der Waals surface area contributed by atoms with Crippen molar-refractivity contribution >= 4 is 22.8 Å². The summed E-state index contributed by atoms with van der Waals surface area (Å²) < 4.78 is 0. The highest BCUT2D eigenvalue weighted by Gasteiger charge is 2.10. The molecule has 2 heterocycles. The van der Waals surface area contributed by atoms with Gasteiger partial charge in [-0.2, -0.15) is 10.2 Å². The summed E-state index contributed by atoms with van der Waals surface area (Å²) in [7, 11) is 0. The van der Waals surface area contributed by atoms with E-state index < -0.39 is 0 Å². The van der Waals surface area contributed by atoms with E-state index in [9.17, 15) is 0 Å². The molecule has 6 heteroatoms. The zero-order valence-corrected chi connectivity index (χ0v) is 9.81. The van der Waals surface area contributed by atoms with Crippen LogP contribution in [-0.2, 0) is 0 Å². The first-order valence-electron chi connectivity index (χ1n) is 5.15. The van der Waals surface area contributed by atoms with Gasteiger partial charge < -0.3 is 4.98 Å². The van der Waals surface area contributed by atoms with Crippen LogP contribution in [0.15, 0.2) is 30.6 Å². The third-order valence-corrected chi connectivity index (χ3v) is 2.71. The SMILES string of the molecule is N#Cc1ccc(-c2nc(Cl)nc3nc[nH]c23)cc1. The van der Waals surface area contributed by atoms with Crippen molar-refractivity contribution in [1.29, 1.82) is 5.26 Å². The molecule has 0 aliphatic carbocycles. The molecule has 1 aromatic carbocycles. The molecule has 0 bridgehead atoms. The molecule has 3 aromatic rings. The van der Waals surface area contributed by atoms with Crippen molar-refractivity contribution < 1.29 is 0 Å². The molecule has 0 unspecified atom stereocenters. The third kappa shape index (κ3) is 1.69. The molecule has 1 N–H and O–H groups in total. The topological polar surface area (TPSA) is 78.2 Å². The van der Waals surface area contributed by atoms with Crippen LogP contribution >= 0.6 is 11.6 Å². The average molecular weight is 256 g/mol. The number of nitriles is 1. The number of aromatic amines is 1. The lowest BCUT2D eigenvalue weighted by Gasteiger charge is -2.02. The second-order valence-electron chi connectivity index (χ2n) is 3.63. The number of fused-ring (bicyclic) bond motifs is 1. The largest absolute Gasteiger partial charge is 0.341 e. The van der Waals surface area contributed by atoms with Gasteiger partial charge in [0.15, 0.2) is 5.65 Å². The second kappa shape index (κ2) is 4.09. The van der Waals surface area contributed by atoms with E-state index >= 15 is 0 Å². The normalized spacial score (nSPS) is 10.4. The molecule has 0 saturated heterocycles. The molecule has 0 saturated carbocycles. The number of imidazole rings is 1. The Labute approximate surface area is 107 Å². The van der Waals surface area contributed by atoms with E-state index in [0.29, 0.717) is 16.9 Å². The minimum absolute atomic E-state index is 0.147. The summed E-state index contributed by atoms with van der Waals surface area (Å²) in [6, 6.07) is 9.16. The van der Waals surface area contributed by atoms with E-state index in [1.54, 1.807) is 18.5 Å². The smallest absolute Gasteiger partial charge is 0.225 e. The molecule has 0 spiro atoms. The summed E-state index contributed by atoms with van der Waals surface area (Å²) in [5, 5.41) is 8.92. The van der Waals surface area contributed by atoms with Crippen LogP contribution in [-0.4, -0.2) is 19.9 Å². The first kappa shape index (κ1) is 10.7. The van der Waals surface area contributed by atoms with Crippen LogP contribution in [0, 0.1) is 11.3 Å². The summed E-state index contributed by atoms with van der Waals surface area (Å²) in [4.78, 5) is 15.3. The number of benzene rings is 1. The highest BCUT2D eigenvalue weighted by atomic mass is 35.5. The zero-order valence-electron chi connectivity index (χ0n) is 9.05. The molecule has 0 atom stereocenters. The fourth-order valence-corrected chi connectivity index (χ4v) is 1.88. The highest BCUT2D eigenvalue weighted by molar-refractivity contribution is 6.28. The number of hydrogen-bond donors (Lipinski definition) is 1. The summed E-state index contributed by atoms with van der Waals surface area (Å²) >= 11 is 5.86. The Bertz CT molecular complexity index is 754. The van der Waals surface area contributed by atoms with Gasteiger partial charge in [0.05, 0.1) is 18.0 Å². The average Bonchev–Trinajstić information content (AvgIpc) is 2.86. The molecule has 18 heavy (non-hydrogen) atoms. The maximum Gasteiger partial charge on any atom is 0.225 e. The molecular formula is C12H6ClN5. The number of nitrogens with one attached hydrogen (secondary N) is 1. The number of rotatable bonds is 1. The van der Waals surface area contributed by atoms with Crippen LogP contribution in [0.5, 0.6) is 0 Å². The van der Waals surface area contributed by atoms with Crippen LogP contribution in [0.1, 0.15) is 5.56 Å². The van der Waals surface area contributed by atoms with Crippen LogP contribution in [0.3, 0.4) is 0 Å². The lowest BCUT2D eigenvalue weighted by molar-refractivity contribution is 1.20. The fraction of sp³-hybridized carbons (Fsp3) is 0. The molecule has 2 aromatic heterocycles. The van der Waals surface area contributed by atoms with E-state index in [4.69, 9.17) is 16.9 Å². The molecule has 3 rings (SSSR count). The lowest BCUT2D eigenvalue weighted by Crippen LogP contribution is -1.90. The third-order valence-electron chi connectivity index (χ3n) is 2.55. The molecule has 0 aliphatic rings. The molecule has 0 fully saturated rings. The van der Waals surface area contributed by atoms with Crippen molar-refractivity contribution in [3.05, 3.63) is 41.4 Å². The van der Waals surface area contributed by atoms with Crippen molar-refractivity contribution in [1.82, 2.24) is 19.9 Å². The van der Waals surface area contributed by atoms with Gasteiger partial charge in [0, 0.05) is 5.56 Å².